The van der Waals surface area contributed by atoms with Crippen molar-refractivity contribution in [3.8, 4) is 0 Å². The maximum absolute atomic E-state index is 12.2. The van der Waals surface area contributed by atoms with Gasteiger partial charge >= 0.3 is 5.97 Å². The molecule has 26 heavy (non-hydrogen) atoms. The highest BCUT2D eigenvalue weighted by atomic mass is 16.5. The van der Waals surface area contributed by atoms with Gasteiger partial charge < -0.3 is 9.14 Å². The second-order valence-electron chi connectivity index (χ2n) is 6.32. The van der Waals surface area contributed by atoms with Gasteiger partial charge in [-0.2, -0.15) is 5.10 Å². The highest BCUT2D eigenvalue weighted by Crippen LogP contribution is 2.13. The third-order valence-electron chi connectivity index (χ3n) is 4.49. The molecule has 4 aromatic rings. The third-order valence-corrected chi connectivity index (χ3v) is 4.49. The van der Waals surface area contributed by atoms with Crippen molar-refractivity contribution in [1.82, 2.24) is 24.0 Å². The van der Waals surface area contributed by atoms with Crippen LogP contribution in [0.3, 0.4) is 0 Å². The number of rotatable bonds is 5. The van der Waals surface area contributed by atoms with E-state index in [1.807, 2.05) is 35.2 Å². The molecule has 0 unspecified atom stereocenters. The van der Waals surface area contributed by atoms with Crippen LogP contribution in [0.25, 0.3) is 11.2 Å². The first-order chi connectivity index (χ1) is 12.6. The topological polar surface area (TPSA) is 73.8 Å². The number of fused-ring (bicyclic) bond motifs is 2. The van der Waals surface area contributed by atoms with Crippen molar-refractivity contribution in [3.63, 3.8) is 0 Å². The molecule has 7 heteroatoms. The third kappa shape index (κ3) is 3.03. The molecule has 0 saturated heterocycles. The molecule has 0 saturated carbocycles. The lowest BCUT2D eigenvalue weighted by Gasteiger charge is -2.06. The van der Waals surface area contributed by atoms with E-state index in [1.54, 1.807) is 30.9 Å². The first kappa shape index (κ1) is 16.3. The molecule has 4 rings (SSSR count). The molecule has 7 nitrogen and oxygen atoms in total. The lowest BCUT2D eigenvalue weighted by Crippen LogP contribution is -2.08. The molecule has 0 spiro atoms. The largest absolute Gasteiger partial charge is 0.462 e. The second-order valence-corrected chi connectivity index (χ2v) is 6.32. The number of aromatic nitrogens is 5. The number of hydrogen-bond acceptors (Lipinski definition) is 5. The van der Waals surface area contributed by atoms with Gasteiger partial charge in [-0.3, -0.25) is 0 Å². The van der Waals surface area contributed by atoms with Gasteiger partial charge in [0.05, 0.1) is 35.9 Å². The number of carbonyl (C=O) groups excluding carboxylic acids is 1. The van der Waals surface area contributed by atoms with E-state index >= 15 is 0 Å². The number of aryl methyl sites for hydroxylation is 3. The van der Waals surface area contributed by atoms with Gasteiger partial charge in [-0.05, 0) is 44.4 Å². The molecule has 0 bridgehead atoms. The van der Waals surface area contributed by atoms with Crippen molar-refractivity contribution in [2.24, 2.45) is 0 Å². The van der Waals surface area contributed by atoms with E-state index in [-0.39, 0.29) is 5.97 Å². The number of carbonyl (C=O) groups is 1. The number of esters is 1. The maximum Gasteiger partial charge on any atom is 0.338 e. The van der Waals surface area contributed by atoms with Gasteiger partial charge in [0.2, 0.25) is 0 Å². The van der Waals surface area contributed by atoms with Crippen LogP contribution < -0.4 is 0 Å². The van der Waals surface area contributed by atoms with Gasteiger partial charge in [-0.25, -0.2) is 19.3 Å². The molecule has 132 valence electrons. The predicted molar refractivity (Wildman–Crippen MR) is 96.3 cm³/mol. The van der Waals surface area contributed by atoms with Crippen LogP contribution in [0, 0.1) is 13.8 Å². The summed E-state index contributed by atoms with van der Waals surface area (Å²) in [6.45, 7) is 4.36. The quantitative estimate of drug-likeness (QED) is 0.409. The van der Waals surface area contributed by atoms with Gasteiger partial charge in [0.15, 0.2) is 5.65 Å². The van der Waals surface area contributed by atoms with Crippen LogP contribution in [0.1, 0.15) is 33.6 Å². The van der Waals surface area contributed by atoms with E-state index < -0.39 is 0 Å². The summed E-state index contributed by atoms with van der Waals surface area (Å²) in [5.74, 6) is -0.319. The van der Waals surface area contributed by atoms with Crippen LogP contribution in [-0.4, -0.2) is 36.6 Å². The fraction of sp³-hybridized carbons (Fsp3) is 0.263. The molecule has 4 aromatic heterocycles. The molecule has 4 heterocycles. The van der Waals surface area contributed by atoms with Gasteiger partial charge in [-0.1, -0.05) is 0 Å². The van der Waals surface area contributed by atoms with Crippen LogP contribution in [-0.2, 0) is 11.2 Å². The lowest BCUT2D eigenvalue weighted by atomic mass is 10.2. The van der Waals surface area contributed by atoms with Crippen LogP contribution in [0.2, 0.25) is 0 Å². The van der Waals surface area contributed by atoms with Gasteiger partial charge in [0.25, 0.3) is 0 Å². The van der Waals surface area contributed by atoms with Crippen molar-refractivity contribution in [3.05, 3.63) is 65.6 Å². The van der Waals surface area contributed by atoms with Crippen LogP contribution >= 0.6 is 0 Å². The highest BCUT2D eigenvalue weighted by Gasteiger charge is 2.09. The van der Waals surface area contributed by atoms with E-state index in [9.17, 15) is 4.79 Å². The standard InChI is InChI=1S/C19H19N5O2/c1-13-14(2)22-24-11-15(9-21-18(13)24)4-3-7-26-19(25)16-5-6-23-12-20-10-17(23)8-16/h5-6,8-12H,3-4,7H2,1-2H3. The summed E-state index contributed by atoms with van der Waals surface area (Å²) in [7, 11) is 0. The Bertz CT molecular complexity index is 1100. The normalized spacial score (nSPS) is 11.3. The van der Waals surface area contributed by atoms with Gasteiger partial charge in [0, 0.05) is 24.2 Å². The van der Waals surface area contributed by atoms with Crippen LogP contribution in [0.15, 0.2) is 43.2 Å². The summed E-state index contributed by atoms with van der Waals surface area (Å²) in [6.07, 6.45) is 10.5. The monoisotopic (exact) mass is 349 g/mol. The Kier molecular flexibility index (Phi) is 4.12. The minimum Gasteiger partial charge on any atom is -0.462 e. The Morgan fingerprint density at radius 3 is 3.04 bits per heavy atom. The SMILES string of the molecule is Cc1nn2cc(CCCOC(=O)c3ccn4cncc4c3)cnc2c1C. The Balaban J connectivity index is 1.33. The minimum atomic E-state index is -0.319. The summed E-state index contributed by atoms with van der Waals surface area (Å²) in [6, 6.07) is 3.51. The van der Waals surface area contributed by atoms with Crippen molar-refractivity contribution >= 4 is 17.1 Å². The Morgan fingerprint density at radius 1 is 1.27 bits per heavy atom. The summed E-state index contributed by atoms with van der Waals surface area (Å²) < 4.78 is 9.03. The molecule has 0 aromatic carbocycles. The summed E-state index contributed by atoms with van der Waals surface area (Å²) in [4.78, 5) is 20.7. The number of imidazole rings is 1. The van der Waals surface area contributed by atoms with Crippen LogP contribution in [0.5, 0.6) is 0 Å². The summed E-state index contributed by atoms with van der Waals surface area (Å²) in [5.41, 5.74) is 5.43. The molecule has 0 fully saturated rings. The smallest absolute Gasteiger partial charge is 0.338 e. The van der Waals surface area contributed by atoms with Crippen molar-refractivity contribution in [1.29, 1.82) is 0 Å². The Labute approximate surface area is 150 Å². The molecule has 0 atom stereocenters. The number of ether oxygens (including phenoxy) is 1. The Morgan fingerprint density at radius 2 is 2.15 bits per heavy atom. The zero-order valence-electron chi connectivity index (χ0n) is 14.7. The van der Waals surface area contributed by atoms with Gasteiger partial charge in [0.1, 0.15) is 0 Å². The minimum absolute atomic E-state index is 0.319. The zero-order valence-corrected chi connectivity index (χ0v) is 14.7. The first-order valence-electron chi connectivity index (χ1n) is 8.51. The molecule has 0 N–H and O–H groups in total. The van der Waals surface area contributed by atoms with E-state index in [0.717, 1.165) is 40.8 Å². The fourth-order valence-electron chi connectivity index (χ4n) is 2.90. The maximum atomic E-state index is 12.2. The molecule has 0 aliphatic rings. The number of nitrogens with zero attached hydrogens (tertiary/aromatic N) is 5. The first-order valence-corrected chi connectivity index (χ1v) is 8.51. The van der Waals surface area contributed by atoms with E-state index in [2.05, 4.69) is 15.1 Å². The van der Waals surface area contributed by atoms with Crippen molar-refractivity contribution in [2.75, 3.05) is 6.61 Å². The Hall–Kier alpha value is -3.22. The average Bonchev–Trinajstić information content (AvgIpc) is 3.22. The molecular formula is C19H19N5O2. The van der Waals surface area contributed by atoms with E-state index in [0.29, 0.717) is 12.2 Å². The lowest BCUT2D eigenvalue weighted by molar-refractivity contribution is 0.0500. The number of hydrogen-bond donors (Lipinski definition) is 0. The molecule has 0 aliphatic heterocycles. The summed E-state index contributed by atoms with van der Waals surface area (Å²) in [5, 5.41) is 4.45. The summed E-state index contributed by atoms with van der Waals surface area (Å²) >= 11 is 0. The average molecular weight is 349 g/mol. The van der Waals surface area contributed by atoms with Crippen LogP contribution in [0.4, 0.5) is 0 Å². The predicted octanol–water partition coefficient (Wildman–Crippen LogP) is 2.78. The van der Waals surface area contributed by atoms with Gasteiger partial charge in [-0.15, -0.1) is 0 Å². The molecule has 0 aliphatic carbocycles. The zero-order chi connectivity index (χ0) is 18.1. The number of pyridine rings is 1. The van der Waals surface area contributed by atoms with E-state index in [1.165, 1.54) is 0 Å². The fourth-order valence-corrected chi connectivity index (χ4v) is 2.90. The van der Waals surface area contributed by atoms with E-state index in [4.69, 9.17) is 4.74 Å². The second kappa shape index (κ2) is 6.59. The molecule has 0 amide bonds. The van der Waals surface area contributed by atoms with Crippen molar-refractivity contribution < 1.29 is 9.53 Å². The highest BCUT2D eigenvalue weighted by molar-refractivity contribution is 5.90. The van der Waals surface area contributed by atoms with Crippen molar-refractivity contribution in [2.45, 2.75) is 26.7 Å². The molecular weight excluding hydrogens is 330 g/mol. The molecule has 0 radical (unpaired) electrons.